The molecule has 0 saturated carbocycles. The molecule has 80 valence electrons. The highest BCUT2D eigenvalue weighted by Gasteiger charge is 2.11. The van der Waals surface area contributed by atoms with Gasteiger partial charge in [-0.15, -0.1) is 0 Å². The molecule has 3 nitrogen and oxygen atoms in total. The number of hydrogen-bond donors (Lipinski definition) is 1. The van der Waals surface area contributed by atoms with Crippen LogP contribution in [0.25, 0.3) is 0 Å². The molecule has 1 aromatic heterocycles. The Morgan fingerprint density at radius 2 is 1.87 bits per heavy atom. The van der Waals surface area contributed by atoms with Gasteiger partial charge >= 0.3 is 0 Å². The molecule has 0 spiro atoms. The standard InChI is InChI=1S/C12H17N3/c1-8-9(2)13-12(14-10(8)3)15-11-6-4-5-7-11/h4,6,11H,5,7H2,1-3H3,(H,13,14,15). The van der Waals surface area contributed by atoms with Crippen molar-refractivity contribution >= 4 is 5.95 Å². The van der Waals surface area contributed by atoms with Crippen LogP contribution in [-0.2, 0) is 0 Å². The van der Waals surface area contributed by atoms with Crippen molar-refractivity contribution in [2.24, 2.45) is 0 Å². The summed E-state index contributed by atoms with van der Waals surface area (Å²) in [5, 5.41) is 3.34. The zero-order valence-corrected chi connectivity index (χ0v) is 9.54. The minimum Gasteiger partial charge on any atom is -0.348 e. The lowest BCUT2D eigenvalue weighted by molar-refractivity contribution is 0.808. The third-order valence-corrected chi connectivity index (χ3v) is 2.96. The lowest BCUT2D eigenvalue weighted by Crippen LogP contribution is -2.16. The quantitative estimate of drug-likeness (QED) is 0.750. The van der Waals surface area contributed by atoms with Crippen molar-refractivity contribution < 1.29 is 0 Å². The average molecular weight is 203 g/mol. The second-order valence-electron chi connectivity index (χ2n) is 4.10. The van der Waals surface area contributed by atoms with Crippen LogP contribution in [0, 0.1) is 20.8 Å². The number of anilines is 1. The van der Waals surface area contributed by atoms with Crippen molar-refractivity contribution in [3.05, 3.63) is 29.1 Å². The van der Waals surface area contributed by atoms with E-state index in [-0.39, 0.29) is 0 Å². The van der Waals surface area contributed by atoms with Crippen LogP contribution in [0.5, 0.6) is 0 Å². The van der Waals surface area contributed by atoms with E-state index in [1.54, 1.807) is 0 Å². The summed E-state index contributed by atoms with van der Waals surface area (Å²) in [7, 11) is 0. The fourth-order valence-electron chi connectivity index (χ4n) is 1.76. The van der Waals surface area contributed by atoms with Gasteiger partial charge in [-0.05, 0) is 39.2 Å². The van der Waals surface area contributed by atoms with Crippen LogP contribution in [0.4, 0.5) is 5.95 Å². The number of allylic oxidation sites excluding steroid dienone is 1. The maximum atomic E-state index is 4.44. The fourth-order valence-corrected chi connectivity index (χ4v) is 1.76. The molecule has 0 aliphatic heterocycles. The van der Waals surface area contributed by atoms with Crippen LogP contribution in [0.3, 0.4) is 0 Å². The van der Waals surface area contributed by atoms with E-state index in [1.807, 2.05) is 13.8 Å². The van der Waals surface area contributed by atoms with Crippen LogP contribution >= 0.6 is 0 Å². The van der Waals surface area contributed by atoms with Crippen molar-refractivity contribution in [3.63, 3.8) is 0 Å². The smallest absolute Gasteiger partial charge is 0.223 e. The van der Waals surface area contributed by atoms with E-state index in [0.717, 1.165) is 30.2 Å². The van der Waals surface area contributed by atoms with Crippen molar-refractivity contribution in [1.29, 1.82) is 0 Å². The summed E-state index contributed by atoms with van der Waals surface area (Å²) in [6, 6.07) is 0.409. The summed E-state index contributed by atoms with van der Waals surface area (Å²) in [5.41, 5.74) is 3.31. The molecule has 15 heavy (non-hydrogen) atoms. The molecule has 1 heterocycles. The number of hydrogen-bond acceptors (Lipinski definition) is 3. The van der Waals surface area contributed by atoms with Gasteiger partial charge in [0, 0.05) is 17.4 Å². The highest BCUT2D eigenvalue weighted by molar-refractivity contribution is 5.35. The summed E-state index contributed by atoms with van der Waals surface area (Å²) < 4.78 is 0. The minimum absolute atomic E-state index is 0.409. The maximum absolute atomic E-state index is 4.44. The summed E-state index contributed by atoms with van der Waals surface area (Å²) >= 11 is 0. The van der Waals surface area contributed by atoms with Gasteiger partial charge in [-0.3, -0.25) is 0 Å². The van der Waals surface area contributed by atoms with Crippen LogP contribution < -0.4 is 5.32 Å². The monoisotopic (exact) mass is 203 g/mol. The van der Waals surface area contributed by atoms with Crippen LogP contribution in [-0.4, -0.2) is 16.0 Å². The predicted octanol–water partition coefficient (Wildman–Crippen LogP) is 2.53. The van der Waals surface area contributed by atoms with Crippen LogP contribution in [0.2, 0.25) is 0 Å². The summed E-state index contributed by atoms with van der Waals surface area (Å²) in [6.07, 6.45) is 6.69. The second-order valence-corrected chi connectivity index (χ2v) is 4.10. The third-order valence-electron chi connectivity index (χ3n) is 2.96. The van der Waals surface area contributed by atoms with E-state index < -0.39 is 0 Å². The number of nitrogens with one attached hydrogen (secondary N) is 1. The fraction of sp³-hybridized carbons (Fsp3) is 0.500. The zero-order valence-electron chi connectivity index (χ0n) is 9.54. The SMILES string of the molecule is Cc1nc(NC2C=CCC2)nc(C)c1C. The van der Waals surface area contributed by atoms with E-state index in [0.29, 0.717) is 6.04 Å². The first-order chi connectivity index (χ1) is 7.16. The molecule has 0 fully saturated rings. The molecular weight excluding hydrogens is 186 g/mol. The first-order valence-corrected chi connectivity index (χ1v) is 5.42. The molecular formula is C12H17N3. The van der Waals surface area contributed by atoms with Crippen LogP contribution in [0.1, 0.15) is 29.8 Å². The van der Waals surface area contributed by atoms with Crippen molar-refractivity contribution in [2.75, 3.05) is 5.32 Å². The first kappa shape index (κ1) is 10.1. The molecule has 1 atom stereocenters. The van der Waals surface area contributed by atoms with E-state index in [4.69, 9.17) is 0 Å². The molecule has 1 N–H and O–H groups in total. The lowest BCUT2D eigenvalue weighted by atomic mass is 10.2. The molecule has 0 radical (unpaired) electrons. The number of rotatable bonds is 2. The molecule has 3 heteroatoms. The Morgan fingerprint density at radius 1 is 1.20 bits per heavy atom. The summed E-state index contributed by atoms with van der Waals surface area (Å²) in [4.78, 5) is 8.88. The minimum atomic E-state index is 0.409. The Morgan fingerprint density at radius 3 is 2.40 bits per heavy atom. The largest absolute Gasteiger partial charge is 0.348 e. The Balaban J connectivity index is 2.18. The van der Waals surface area contributed by atoms with Gasteiger partial charge in [-0.1, -0.05) is 12.2 Å². The van der Waals surface area contributed by atoms with Gasteiger partial charge in [0.1, 0.15) is 0 Å². The number of aromatic nitrogens is 2. The van der Waals surface area contributed by atoms with Gasteiger partial charge in [0.2, 0.25) is 5.95 Å². The van der Waals surface area contributed by atoms with Gasteiger partial charge in [-0.2, -0.15) is 0 Å². The van der Waals surface area contributed by atoms with Gasteiger partial charge in [0.15, 0.2) is 0 Å². The average Bonchev–Trinajstić information content (AvgIpc) is 2.66. The topological polar surface area (TPSA) is 37.8 Å². The lowest BCUT2D eigenvalue weighted by Gasteiger charge is -2.12. The highest BCUT2D eigenvalue weighted by atomic mass is 15.1. The molecule has 0 aromatic carbocycles. The Kier molecular flexibility index (Phi) is 2.71. The van der Waals surface area contributed by atoms with Crippen molar-refractivity contribution in [2.45, 2.75) is 39.7 Å². The Labute approximate surface area is 90.6 Å². The molecule has 1 unspecified atom stereocenters. The van der Waals surface area contributed by atoms with E-state index in [2.05, 4.69) is 34.4 Å². The molecule has 2 rings (SSSR count). The van der Waals surface area contributed by atoms with Crippen molar-refractivity contribution in [3.8, 4) is 0 Å². The molecule has 1 aliphatic carbocycles. The zero-order chi connectivity index (χ0) is 10.8. The maximum Gasteiger partial charge on any atom is 0.223 e. The normalized spacial score (nSPS) is 19.5. The molecule has 0 amide bonds. The Hall–Kier alpha value is -1.38. The van der Waals surface area contributed by atoms with Gasteiger partial charge < -0.3 is 5.32 Å². The predicted molar refractivity (Wildman–Crippen MR) is 62.0 cm³/mol. The highest BCUT2D eigenvalue weighted by Crippen LogP contribution is 2.16. The number of aryl methyl sites for hydroxylation is 2. The molecule has 0 saturated heterocycles. The van der Waals surface area contributed by atoms with Gasteiger partial charge in [0.25, 0.3) is 0 Å². The number of nitrogens with zero attached hydrogens (tertiary/aromatic N) is 2. The van der Waals surface area contributed by atoms with Gasteiger partial charge in [-0.25, -0.2) is 9.97 Å². The van der Waals surface area contributed by atoms with E-state index >= 15 is 0 Å². The van der Waals surface area contributed by atoms with Crippen molar-refractivity contribution in [1.82, 2.24) is 9.97 Å². The van der Waals surface area contributed by atoms with E-state index in [9.17, 15) is 0 Å². The summed E-state index contributed by atoms with van der Waals surface area (Å²) in [5.74, 6) is 0.757. The van der Waals surface area contributed by atoms with E-state index in [1.165, 1.54) is 5.56 Å². The third kappa shape index (κ3) is 2.17. The summed E-state index contributed by atoms with van der Waals surface area (Å²) in [6.45, 7) is 6.11. The molecule has 1 aromatic rings. The Bertz CT molecular complexity index is 373. The molecule has 0 bridgehead atoms. The second kappa shape index (κ2) is 4.01. The first-order valence-electron chi connectivity index (χ1n) is 5.42. The molecule has 1 aliphatic rings. The van der Waals surface area contributed by atoms with Gasteiger partial charge in [0.05, 0.1) is 0 Å². The van der Waals surface area contributed by atoms with Crippen LogP contribution in [0.15, 0.2) is 12.2 Å².